The third-order valence-electron chi connectivity index (χ3n) is 0.316. The topological polar surface area (TPSA) is 0 Å². The second-order valence-corrected chi connectivity index (χ2v) is 3.48. The molecule has 0 amide bonds. The Balaban J connectivity index is 5.00. The Bertz CT molecular complexity index is 239. The summed E-state index contributed by atoms with van der Waals surface area (Å²) in [4.78, 5) is 0. The van der Waals surface area contributed by atoms with Gasteiger partial charge in [0.1, 0.15) is 0 Å². The molecule has 0 saturated heterocycles. The normalized spacial score (nSPS) is 17.2. The minimum atomic E-state index is -9.56. The van der Waals surface area contributed by atoms with Crippen molar-refractivity contribution in [2.75, 3.05) is 0 Å². The number of rotatable bonds is 0. The molecule has 0 spiro atoms. The molecule has 0 aliphatic rings. The van der Waals surface area contributed by atoms with Gasteiger partial charge < -0.3 is 0 Å². The lowest BCUT2D eigenvalue weighted by atomic mass is 10.7. The molecule has 0 saturated carbocycles. The van der Waals surface area contributed by atoms with Gasteiger partial charge in [0, 0.05) is 5.92 Å². The van der Waals surface area contributed by atoms with E-state index < -0.39 is 10.2 Å². The molecule has 0 aliphatic heterocycles. The molecule has 0 heterocycles. The number of hydrogen-bond donors (Lipinski definition) is 0. The molecular weight excluding hydrogens is 175 g/mol. The summed E-state index contributed by atoms with van der Waals surface area (Å²) in [5, 5.41) is -0.177. The van der Waals surface area contributed by atoms with Gasteiger partial charge in [-0.05, 0) is 5.92 Å². The molecule has 10 heavy (non-hydrogen) atoms. The molecule has 0 rings (SSSR count). The molecule has 0 aromatic rings. The predicted molar refractivity (Wildman–Crippen MR) is 29.7 cm³/mol. The zero-order valence-electron chi connectivity index (χ0n) is 4.38. The van der Waals surface area contributed by atoms with Crippen LogP contribution in [0, 0.1) is 23.5 Å². The first-order chi connectivity index (χ1) is 4.04. The van der Waals surface area contributed by atoms with E-state index in [2.05, 4.69) is 6.42 Å². The minimum absolute atomic E-state index is 0.177. The molecule has 0 nitrogen and oxygen atoms in total. The van der Waals surface area contributed by atoms with Gasteiger partial charge in [-0.3, -0.25) is 0 Å². The van der Waals surface area contributed by atoms with Crippen LogP contribution in [0.25, 0.3) is 0 Å². The van der Waals surface area contributed by atoms with Gasteiger partial charge in [0.2, 0.25) is 0 Å². The van der Waals surface area contributed by atoms with E-state index in [-0.39, 0.29) is 5.25 Å². The van der Waals surface area contributed by atoms with Crippen molar-refractivity contribution in [2.24, 2.45) is 0 Å². The first-order valence-corrected chi connectivity index (χ1v) is 3.72. The molecule has 0 aromatic heterocycles. The number of terminal acetylenes is 1. The zero-order chi connectivity index (χ0) is 8.53. The first-order valence-electron chi connectivity index (χ1n) is 1.76. The zero-order valence-corrected chi connectivity index (χ0v) is 5.19. The molecule has 0 aliphatic carbocycles. The summed E-state index contributed by atoms with van der Waals surface area (Å²) in [7, 11) is -9.56. The van der Waals surface area contributed by atoms with Gasteiger partial charge in [0.15, 0.2) is 0 Å². The molecule has 0 bridgehead atoms. The van der Waals surface area contributed by atoms with E-state index in [1.807, 2.05) is 0 Å². The van der Waals surface area contributed by atoms with Crippen molar-refractivity contribution in [3.63, 3.8) is 0 Å². The Morgan fingerprint density at radius 2 is 1.40 bits per heavy atom. The standard InChI is InChI=1S/C4HF5S/c1-2-3-4-10(5,6,7,8)9/h1H. The van der Waals surface area contributed by atoms with Crippen molar-refractivity contribution in [2.45, 2.75) is 0 Å². The summed E-state index contributed by atoms with van der Waals surface area (Å²) in [5.74, 6) is 1.97. The van der Waals surface area contributed by atoms with E-state index in [1.54, 1.807) is 0 Å². The lowest BCUT2D eigenvalue weighted by Crippen LogP contribution is -1.99. The van der Waals surface area contributed by atoms with Crippen LogP contribution in [0.5, 0.6) is 0 Å². The average molecular weight is 176 g/mol. The molecule has 0 radical (unpaired) electrons. The second kappa shape index (κ2) is 1.40. The first kappa shape index (κ1) is 9.12. The lowest BCUT2D eigenvalue weighted by Gasteiger charge is -2.33. The summed E-state index contributed by atoms with van der Waals surface area (Å²) < 4.78 is 55.7. The Hall–Kier alpha value is -0.880. The summed E-state index contributed by atoms with van der Waals surface area (Å²) in [6.07, 6.45) is 4.22. The summed E-state index contributed by atoms with van der Waals surface area (Å²) in [6, 6.07) is 0. The van der Waals surface area contributed by atoms with Gasteiger partial charge in [0.25, 0.3) is 0 Å². The quantitative estimate of drug-likeness (QED) is 0.393. The van der Waals surface area contributed by atoms with Crippen LogP contribution in [0.1, 0.15) is 0 Å². The summed E-state index contributed by atoms with van der Waals surface area (Å²) >= 11 is 0. The Morgan fingerprint density at radius 1 is 1.00 bits per heavy atom. The molecule has 0 N–H and O–H groups in total. The highest BCUT2D eigenvalue weighted by Gasteiger charge is 2.62. The maximum atomic E-state index is 11.1. The smallest absolute Gasteiger partial charge is 0.106 e. The van der Waals surface area contributed by atoms with Crippen molar-refractivity contribution >= 4 is 10.2 Å². The van der Waals surface area contributed by atoms with E-state index in [1.165, 1.54) is 0 Å². The average Bonchev–Trinajstić information content (AvgIpc) is 1.55. The highest BCUT2D eigenvalue weighted by molar-refractivity contribution is 8.49. The van der Waals surface area contributed by atoms with Crippen LogP contribution in [0.15, 0.2) is 0 Å². The second-order valence-electron chi connectivity index (χ2n) is 1.34. The van der Waals surface area contributed by atoms with E-state index in [9.17, 15) is 19.4 Å². The van der Waals surface area contributed by atoms with E-state index in [4.69, 9.17) is 0 Å². The van der Waals surface area contributed by atoms with Crippen molar-refractivity contribution in [3.05, 3.63) is 0 Å². The van der Waals surface area contributed by atoms with Gasteiger partial charge in [-0.25, -0.2) is 0 Å². The highest BCUT2D eigenvalue weighted by Crippen LogP contribution is 2.97. The Kier molecular flexibility index (Phi) is 1.28. The fourth-order valence-electron chi connectivity index (χ4n) is 0.126. The van der Waals surface area contributed by atoms with Crippen molar-refractivity contribution in [1.82, 2.24) is 0 Å². The monoisotopic (exact) mass is 176 g/mol. The Labute approximate surface area is 54.1 Å². The van der Waals surface area contributed by atoms with E-state index in [0.29, 0.717) is 0 Å². The molecule has 0 aromatic carbocycles. The van der Waals surface area contributed by atoms with E-state index >= 15 is 0 Å². The number of halogens is 5. The van der Waals surface area contributed by atoms with Crippen LogP contribution in [-0.2, 0) is 0 Å². The summed E-state index contributed by atoms with van der Waals surface area (Å²) in [5.41, 5.74) is 0. The molecule has 6 heteroatoms. The van der Waals surface area contributed by atoms with Gasteiger partial charge in [-0.1, -0.05) is 19.4 Å². The fourth-order valence-corrected chi connectivity index (χ4v) is 0.378. The molecule has 0 fully saturated rings. The van der Waals surface area contributed by atoms with Crippen LogP contribution in [0.3, 0.4) is 0 Å². The van der Waals surface area contributed by atoms with Crippen LogP contribution in [0.2, 0.25) is 0 Å². The van der Waals surface area contributed by atoms with Crippen LogP contribution < -0.4 is 0 Å². The van der Waals surface area contributed by atoms with Crippen molar-refractivity contribution in [3.8, 4) is 23.5 Å². The van der Waals surface area contributed by atoms with Gasteiger partial charge >= 0.3 is 10.2 Å². The fraction of sp³-hybridized carbons (Fsp3) is 0. The maximum absolute atomic E-state index is 11.1. The van der Waals surface area contributed by atoms with Crippen molar-refractivity contribution < 1.29 is 19.4 Å². The van der Waals surface area contributed by atoms with E-state index in [0.717, 1.165) is 11.8 Å². The van der Waals surface area contributed by atoms with Crippen LogP contribution >= 0.6 is 10.2 Å². The van der Waals surface area contributed by atoms with Crippen molar-refractivity contribution in [1.29, 1.82) is 0 Å². The maximum Gasteiger partial charge on any atom is 0.345 e. The van der Waals surface area contributed by atoms with Gasteiger partial charge in [-0.15, -0.1) is 6.42 Å². The largest absolute Gasteiger partial charge is 0.345 e. The molecule has 0 atom stereocenters. The predicted octanol–water partition coefficient (Wildman–Crippen LogP) is 2.88. The van der Waals surface area contributed by atoms with Gasteiger partial charge in [-0.2, -0.15) is 0 Å². The molecule has 0 unspecified atom stereocenters. The molecular formula is C4HF5S. The SMILES string of the molecule is C#CC#CS(F)(F)(F)(F)F. The van der Waals surface area contributed by atoms with Gasteiger partial charge in [0.05, 0.1) is 5.25 Å². The lowest BCUT2D eigenvalue weighted by molar-refractivity contribution is 0.389. The van der Waals surface area contributed by atoms with Crippen LogP contribution in [-0.4, -0.2) is 0 Å². The highest BCUT2D eigenvalue weighted by atomic mass is 32.5. The third kappa shape index (κ3) is 7.12. The number of hydrogen-bond acceptors (Lipinski definition) is 0. The minimum Gasteiger partial charge on any atom is -0.106 e. The third-order valence-corrected chi connectivity index (χ3v) is 0.804. The van der Waals surface area contributed by atoms with Crippen LogP contribution in [0.4, 0.5) is 19.4 Å². The molecule has 58 valence electrons. The Morgan fingerprint density at radius 3 is 1.50 bits per heavy atom. The summed E-state index contributed by atoms with van der Waals surface area (Å²) in [6.45, 7) is 0.